The number of benzene rings is 2. The maximum Gasteiger partial charge on any atom is 0.127 e. The minimum absolute atomic E-state index is 0.113. The molecule has 0 heterocycles. The fraction of sp³-hybridized carbons (Fsp3) is 0.576. The number of aliphatic imine (C=N–C) groups is 2. The van der Waals surface area contributed by atoms with Crippen LogP contribution in [0.5, 0.6) is 11.5 Å². The first-order valence-electron chi connectivity index (χ1n) is 14.7. The Bertz CT molecular complexity index is 1140. The van der Waals surface area contributed by atoms with Gasteiger partial charge in [0.15, 0.2) is 0 Å². The van der Waals surface area contributed by atoms with Crippen LogP contribution in [0.15, 0.2) is 34.3 Å². The highest BCUT2D eigenvalue weighted by Crippen LogP contribution is 2.51. The molecule has 3 unspecified atom stereocenters. The maximum absolute atomic E-state index is 10.9. The lowest BCUT2D eigenvalue weighted by Gasteiger charge is -2.28. The molecule has 0 saturated heterocycles. The number of hydrogen-bond donors (Lipinski definition) is 2. The lowest BCUT2D eigenvalue weighted by molar-refractivity contribution is 0.367. The predicted molar refractivity (Wildman–Crippen MR) is 156 cm³/mol. The van der Waals surface area contributed by atoms with Crippen molar-refractivity contribution in [3.63, 3.8) is 0 Å². The van der Waals surface area contributed by atoms with Gasteiger partial charge in [0.05, 0.1) is 11.6 Å². The summed E-state index contributed by atoms with van der Waals surface area (Å²) in [5.41, 5.74) is 6.04. The Hall–Kier alpha value is -2.62. The molecule has 0 aromatic heterocycles. The fourth-order valence-corrected chi connectivity index (χ4v) is 6.33. The van der Waals surface area contributed by atoms with E-state index < -0.39 is 0 Å². The number of aryl methyl sites for hydroxylation is 4. The minimum Gasteiger partial charge on any atom is -0.507 e. The Kier molecular flexibility index (Phi) is 9.10. The van der Waals surface area contributed by atoms with Gasteiger partial charge in [0.25, 0.3) is 0 Å². The van der Waals surface area contributed by atoms with E-state index in [4.69, 9.17) is 9.98 Å². The average molecular weight is 503 g/mol. The number of fused-ring (bicyclic) bond motifs is 2. The van der Waals surface area contributed by atoms with Gasteiger partial charge < -0.3 is 10.2 Å². The van der Waals surface area contributed by atoms with Gasteiger partial charge in [-0.05, 0) is 105 Å². The SMILES string of the molecule is CCCCc1cc(C=NC2CC3CCC2(N=Cc2cc(CCCC)cc(CC)c2O)C3)c(O)c(CC)c1. The van der Waals surface area contributed by atoms with E-state index in [0.29, 0.717) is 17.4 Å². The van der Waals surface area contributed by atoms with Gasteiger partial charge in [-0.25, -0.2) is 0 Å². The molecule has 2 fully saturated rings. The van der Waals surface area contributed by atoms with Crippen molar-refractivity contribution in [3.8, 4) is 11.5 Å². The topological polar surface area (TPSA) is 65.2 Å². The molecule has 200 valence electrons. The Morgan fingerprint density at radius 3 is 1.92 bits per heavy atom. The van der Waals surface area contributed by atoms with E-state index >= 15 is 0 Å². The maximum atomic E-state index is 10.9. The van der Waals surface area contributed by atoms with E-state index in [9.17, 15) is 10.2 Å². The summed E-state index contributed by atoms with van der Waals surface area (Å²) in [6, 6.07) is 8.65. The van der Waals surface area contributed by atoms with Gasteiger partial charge in [-0.2, -0.15) is 0 Å². The number of hydrogen-bond acceptors (Lipinski definition) is 4. The number of unbranched alkanes of at least 4 members (excludes halogenated alkanes) is 2. The van der Waals surface area contributed by atoms with Crippen LogP contribution in [-0.2, 0) is 25.7 Å². The molecule has 2 aromatic carbocycles. The Labute approximate surface area is 224 Å². The highest BCUT2D eigenvalue weighted by Gasteiger charge is 2.52. The summed E-state index contributed by atoms with van der Waals surface area (Å²) in [5.74, 6) is 1.40. The highest BCUT2D eigenvalue weighted by atomic mass is 16.3. The second-order valence-electron chi connectivity index (χ2n) is 11.3. The number of phenolic OH excluding ortho intramolecular Hbond substituents is 2. The van der Waals surface area contributed by atoms with E-state index in [1.807, 2.05) is 12.4 Å². The molecule has 2 saturated carbocycles. The molecule has 0 spiro atoms. The molecule has 2 N–H and O–H groups in total. The third kappa shape index (κ3) is 6.10. The van der Waals surface area contributed by atoms with Gasteiger partial charge >= 0.3 is 0 Å². The predicted octanol–water partition coefficient (Wildman–Crippen LogP) is 7.76. The molecule has 0 aliphatic heterocycles. The first-order valence-corrected chi connectivity index (χ1v) is 14.7. The largest absolute Gasteiger partial charge is 0.507 e. The zero-order chi connectivity index (χ0) is 26.4. The minimum atomic E-state index is -0.206. The summed E-state index contributed by atoms with van der Waals surface area (Å²) in [7, 11) is 0. The molecular formula is C33H46N2O2. The summed E-state index contributed by atoms with van der Waals surface area (Å²) in [6.07, 6.45) is 16.5. The molecule has 2 aliphatic rings. The van der Waals surface area contributed by atoms with Gasteiger partial charge in [0.2, 0.25) is 0 Å². The first-order chi connectivity index (χ1) is 17.9. The van der Waals surface area contributed by atoms with Gasteiger partial charge in [0, 0.05) is 23.6 Å². The van der Waals surface area contributed by atoms with Gasteiger partial charge in [-0.15, -0.1) is 0 Å². The zero-order valence-electron chi connectivity index (χ0n) is 23.4. The van der Waals surface area contributed by atoms with Crippen LogP contribution in [0.3, 0.4) is 0 Å². The van der Waals surface area contributed by atoms with Crippen LogP contribution in [0, 0.1) is 5.92 Å². The number of aromatic hydroxyl groups is 2. The second kappa shape index (κ2) is 12.3. The van der Waals surface area contributed by atoms with E-state index in [1.165, 1.54) is 17.5 Å². The molecule has 2 aromatic rings. The molecule has 3 atom stereocenters. The monoisotopic (exact) mass is 502 g/mol. The van der Waals surface area contributed by atoms with Crippen LogP contribution in [0.25, 0.3) is 0 Å². The molecule has 2 bridgehead atoms. The molecule has 37 heavy (non-hydrogen) atoms. The third-order valence-corrected chi connectivity index (χ3v) is 8.61. The van der Waals surface area contributed by atoms with E-state index in [0.717, 1.165) is 92.9 Å². The smallest absolute Gasteiger partial charge is 0.127 e. The van der Waals surface area contributed by atoms with Crippen LogP contribution in [0.1, 0.15) is 112 Å². The summed E-state index contributed by atoms with van der Waals surface area (Å²) in [4.78, 5) is 10.3. The average Bonchev–Trinajstić information content (AvgIpc) is 3.48. The van der Waals surface area contributed by atoms with Crippen LogP contribution in [0.4, 0.5) is 0 Å². The summed E-state index contributed by atoms with van der Waals surface area (Å²) >= 11 is 0. The molecule has 2 aliphatic carbocycles. The summed E-state index contributed by atoms with van der Waals surface area (Å²) < 4.78 is 0. The van der Waals surface area contributed by atoms with E-state index in [-0.39, 0.29) is 11.6 Å². The molecule has 4 rings (SSSR count). The van der Waals surface area contributed by atoms with Crippen molar-refractivity contribution < 1.29 is 10.2 Å². The van der Waals surface area contributed by atoms with Crippen molar-refractivity contribution in [2.45, 2.75) is 116 Å². The Morgan fingerprint density at radius 2 is 1.41 bits per heavy atom. The first kappa shape index (κ1) is 27.4. The molecule has 0 amide bonds. The van der Waals surface area contributed by atoms with Crippen molar-refractivity contribution in [2.24, 2.45) is 15.9 Å². The molecule has 4 heteroatoms. The Morgan fingerprint density at radius 1 is 0.838 bits per heavy atom. The van der Waals surface area contributed by atoms with E-state index in [2.05, 4.69) is 52.0 Å². The molecular weight excluding hydrogens is 456 g/mol. The second-order valence-corrected chi connectivity index (χ2v) is 11.3. The van der Waals surface area contributed by atoms with Gasteiger partial charge in [0.1, 0.15) is 11.5 Å². The van der Waals surface area contributed by atoms with Crippen LogP contribution in [0.2, 0.25) is 0 Å². The van der Waals surface area contributed by atoms with Crippen LogP contribution < -0.4 is 0 Å². The molecule has 0 radical (unpaired) electrons. The summed E-state index contributed by atoms with van der Waals surface area (Å²) in [6.45, 7) is 8.61. The van der Waals surface area contributed by atoms with Gasteiger partial charge in [-0.3, -0.25) is 9.98 Å². The van der Waals surface area contributed by atoms with Crippen molar-refractivity contribution >= 4 is 12.4 Å². The number of nitrogens with zero attached hydrogens (tertiary/aromatic N) is 2. The zero-order valence-corrected chi connectivity index (χ0v) is 23.4. The third-order valence-electron chi connectivity index (χ3n) is 8.61. The van der Waals surface area contributed by atoms with Crippen molar-refractivity contribution in [2.75, 3.05) is 0 Å². The molecule has 4 nitrogen and oxygen atoms in total. The van der Waals surface area contributed by atoms with Crippen molar-refractivity contribution in [3.05, 3.63) is 57.6 Å². The van der Waals surface area contributed by atoms with Gasteiger partial charge in [-0.1, -0.05) is 52.7 Å². The van der Waals surface area contributed by atoms with Crippen LogP contribution >= 0.6 is 0 Å². The fourth-order valence-electron chi connectivity index (χ4n) is 6.33. The van der Waals surface area contributed by atoms with E-state index in [1.54, 1.807) is 0 Å². The normalized spacial score (nSPS) is 23.1. The number of rotatable bonds is 12. The standard InChI is InChI=1S/C33H46N2O2/c1-5-9-11-23-15-26(7-3)31(36)28(17-23)21-34-30-19-25-13-14-33(30,20-25)35-22-29-18-24(12-10-6-2)16-27(8-4)32(29)37/h15-18,21-22,25,30,36-37H,5-14,19-20H2,1-4H3. The quantitative estimate of drug-likeness (QED) is 0.291. The van der Waals surface area contributed by atoms with Crippen molar-refractivity contribution in [1.29, 1.82) is 0 Å². The lowest BCUT2D eigenvalue weighted by Crippen LogP contribution is -2.34. The Balaban J connectivity index is 1.61. The lowest BCUT2D eigenvalue weighted by atomic mass is 9.89. The highest BCUT2D eigenvalue weighted by molar-refractivity contribution is 5.86. The summed E-state index contributed by atoms with van der Waals surface area (Å²) in [5, 5.41) is 21.8. The van der Waals surface area contributed by atoms with Crippen molar-refractivity contribution in [1.82, 2.24) is 0 Å². The van der Waals surface area contributed by atoms with Crippen LogP contribution in [-0.4, -0.2) is 34.2 Å². The number of phenols is 2.